The van der Waals surface area contributed by atoms with Crippen LogP contribution in [-0.4, -0.2) is 53.0 Å². The first-order valence-electron chi connectivity index (χ1n) is 6.13. The van der Waals surface area contributed by atoms with Crippen molar-refractivity contribution in [1.82, 2.24) is 14.3 Å². The van der Waals surface area contributed by atoms with Crippen LogP contribution in [0.2, 0.25) is 0 Å². The Morgan fingerprint density at radius 3 is 2.58 bits per heavy atom. The standard InChI is InChI=1S/C11H18N4O3S/c1-3-12-10-13-6-9(7-14-10)19(17,18)15-5-4-11(2,16)8-15/h6-7,16H,3-5,8H2,1-2H3,(H,12,13,14). The van der Waals surface area contributed by atoms with Crippen molar-refractivity contribution in [2.75, 3.05) is 25.0 Å². The Labute approximate surface area is 112 Å². The van der Waals surface area contributed by atoms with E-state index in [1.807, 2.05) is 6.92 Å². The van der Waals surface area contributed by atoms with Crippen molar-refractivity contribution in [1.29, 1.82) is 0 Å². The van der Waals surface area contributed by atoms with E-state index in [-0.39, 0.29) is 11.4 Å². The average molecular weight is 286 g/mol. The number of aromatic nitrogens is 2. The van der Waals surface area contributed by atoms with Gasteiger partial charge in [-0.05, 0) is 20.3 Å². The number of hydrogen-bond acceptors (Lipinski definition) is 6. The molecule has 1 unspecified atom stereocenters. The lowest BCUT2D eigenvalue weighted by Crippen LogP contribution is -2.34. The van der Waals surface area contributed by atoms with Crippen LogP contribution in [0.15, 0.2) is 17.3 Å². The Bertz CT molecular complexity index is 542. The van der Waals surface area contributed by atoms with Gasteiger partial charge in [0.25, 0.3) is 0 Å². The second kappa shape index (κ2) is 5.03. The third-order valence-electron chi connectivity index (χ3n) is 3.02. The van der Waals surface area contributed by atoms with E-state index in [1.54, 1.807) is 6.92 Å². The van der Waals surface area contributed by atoms with E-state index >= 15 is 0 Å². The van der Waals surface area contributed by atoms with E-state index in [2.05, 4.69) is 15.3 Å². The molecule has 0 saturated carbocycles. The van der Waals surface area contributed by atoms with E-state index in [1.165, 1.54) is 16.7 Å². The summed E-state index contributed by atoms with van der Waals surface area (Å²) in [5, 5.41) is 12.7. The molecule has 106 valence electrons. The monoisotopic (exact) mass is 286 g/mol. The topological polar surface area (TPSA) is 95.4 Å². The Kier molecular flexibility index (Phi) is 3.75. The van der Waals surface area contributed by atoms with Gasteiger partial charge in [-0.1, -0.05) is 0 Å². The van der Waals surface area contributed by atoms with E-state index in [9.17, 15) is 13.5 Å². The summed E-state index contributed by atoms with van der Waals surface area (Å²) >= 11 is 0. The molecule has 19 heavy (non-hydrogen) atoms. The Morgan fingerprint density at radius 2 is 2.11 bits per heavy atom. The molecule has 1 fully saturated rings. The quantitative estimate of drug-likeness (QED) is 0.812. The molecule has 1 aliphatic rings. The van der Waals surface area contributed by atoms with Crippen molar-refractivity contribution >= 4 is 16.0 Å². The first kappa shape index (κ1) is 14.2. The van der Waals surface area contributed by atoms with Crippen LogP contribution in [0.4, 0.5) is 5.95 Å². The fraction of sp³-hybridized carbons (Fsp3) is 0.636. The van der Waals surface area contributed by atoms with E-state index < -0.39 is 15.6 Å². The minimum absolute atomic E-state index is 0.0480. The van der Waals surface area contributed by atoms with Gasteiger partial charge in [-0.2, -0.15) is 4.31 Å². The minimum atomic E-state index is -3.62. The first-order valence-corrected chi connectivity index (χ1v) is 7.57. The van der Waals surface area contributed by atoms with Gasteiger partial charge in [0.15, 0.2) is 0 Å². The molecule has 1 aromatic heterocycles. The maximum atomic E-state index is 12.3. The van der Waals surface area contributed by atoms with Gasteiger partial charge in [0.1, 0.15) is 4.90 Å². The van der Waals surface area contributed by atoms with Crippen LogP contribution in [0.5, 0.6) is 0 Å². The summed E-state index contributed by atoms with van der Waals surface area (Å²) in [6.07, 6.45) is 3.00. The molecule has 2 heterocycles. The highest BCUT2D eigenvalue weighted by Gasteiger charge is 2.38. The van der Waals surface area contributed by atoms with E-state index in [0.717, 1.165) is 0 Å². The fourth-order valence-corrected chi connectivity index (χ4v) is 3.41. The summed E-state index contributed by atoms with van der Waals surface area (Å²) in [5.41, 5.74) is -0.961. The summed E-state index contributed by atoms with van der Waals surface area (Å²) in [5.74, 6) is 0.398. The number of aliphatic hydroxyl groups is 1. The molecule has 0 spiro atoms. The Hall–Kier alpha value is -1.25. The summed E-state index contributed by atoms with van der Waals surface area (Å²) in [7, 11) is -3.62. The third kappa shape index (κ3) is 3.02. The molecule has 0 amide bonds. The lowest BCUT2D eigenvalue weighted by molar-refractivity contribution is 0.0762. The maximum absolute atomic E-state index is 12.3. The van der Waals surface area contributed by atoms with Crippen molar-refractivity contribution in [2.24, 2.45) is 0 Å². The highest BCUT2D eigenvalue weighted by molar-refractivity contribution is 7.89. The molecule has 0 aromatic carbocycles. The zero-order valence-corrected chi connectivity index (χ0v) is 11.8. The maximum Gasteiger partial charge on any atom is 0.246 e. The SMILES string of the molecule is CCNc1ncc(S(=O)(=O)N2CCC(C)(O)C2)cn1. The van der Waals surface area contributed by atoms with Crippen LogP contribution in [0.3, 0.4) is 0 Å². The number of anilines is 1. The molecule has 0 aliphatic carbocycles. The number of rotatable bonds is 4. The Morgan fingerprint density at radius 1 is 1.47 bits per heavy atom. The molecule has 7 nitrogen and oxygen atoms in total. The zero-order valence-electron chi connectivity index (χ0n) is 11.0. The lowest BCUT2D eigenvalue weighted by Gasteiger charge is -2.18. The van der Waals surface area contributed by atoms with Crippen LogP contribution < -0.4 is 5.32 Å². The molecule has 8 heteroatoms. The van der Waals surface area contributed by atoms with Gasteiger partial charge in [0, 0.05) is 19.6 Å². The van der Waals surface area contributed by atoms with Crippen LogP contribution in [0.1, 0.15) is 20.3 Å². The Balaban J connectivity index is 2.20. The lowest BCUT2D eigenvalue weighted by atomic mass is 10.1. The second-order valence-corrected chi connectivity index (χ2v) is 6.80. The summed E-state index contributed by atoms with van der Waals surface area (Å²) < 4.78 is 25.9. The summed E-state index contributed by atoms with van der Waals surface area (Å²) in [6.45, 7) is 4.61. The predicted molar refractivity (Wildman–Crippen MR) is 70.2 cm³/mol. The third-order valence-corrected chi connectivity index (χ3v) is 4.82. The van der Waals surface area contributed by atoms with Crippen molar-refractivity contribution in [3.63, 3.8) is 0 Å². The van der Waals surface area contributed by atoms with Crippen molar-refractivity contribution in [3.8, 4) is 0 Å². The largest absolute Gasteiger partial charge is 0.389 e. The number of hydrogen-bond donors (Lipinski definition) is 2. The number of sulfonamides is 1. The van der Waals surface area contributed by atoms with Crippen LogP contribution >= 0.6 is 0 Å². The summed E-state index contributed by atoms with van der Waals surface area (Å²) in [4.78, 5) is 7.95. The van der Waals surface area contributed by atoms with Gasteiger partial charge >= 0.3 is 0 Å². The van der Waals surface area contributed by atoms with Gasteiger partial charge in [-0.15, -0.1) is 0 Å². The van der Waals surface area contributed by atoms with Crippen molar-refractivity contribution in [2.45, 2.75) is 30.8 Å². The molecule has 2 N–H and O–H groups in total. The molecule has 1 aliphatic heterocycles. The normalized spacial score (nSPS) is 24.6. The average Bonchev–Trinajstić information content (AvgIpc) is 2.71. The molecule has 1 saturated heterocycles. The molecule has 1 atom stereocenters. The van der Waals surface area contributed by atoms with Crippen molar-refractivity contribution < 1.29 is 13.5 Å². The smallest absolute Gasteiger partial charge is 0.246 e. The number of β-amino-alcohol motifs (C(OH)–C–C–N with tert-alkyl or cyclic N) is 1. The molecular formula is C11H18N4O3S. The van der Waals surface area contributed by atoms with Gasteiger partial charge in [0.2, 0.25) is 16.0 Å². The molecule has 2 rings (SSSR count). The van der Waals surface area contributed by atoms with Gasteiger partial charge in [-0.25, -0.2) is 18.4 Å². The zero-order chi connectivity index (χ0) is 14.1. The van der Waals surface area contributed by atoms with E-state index in [4.69, 9.17) is 0 Å². The predicted octanol–water partition coefficient (Wildman–Crippen LogP) is 0.0538. The number of nitrogens with zero attached hydrogens (tertiary/aromatic N) is 3. The minimum Gasteiger partial charge on any atom is -0.389 e. The van der Waals surface area contributed by atoms with E-state index in [0.29, 0.717) is 25.5 Å². The fourth-order valence-electron chi connectivity index (χ4n) is 1.96. The first-order chi connectivity index (χ1) is 8.85. The molecule has 1 aromatic rings. The molecule has 0 radical (unpaired) electrons. The van der Waals surface area contributed by atoms with Gasteiger partial charge < -0.3 is 10.4 Å². The highest BCUT2D eigenvalue weighted by Crippen LogP contribution is 2.26. The van der Waals surface area contributed by atoms with Gasteiger partial charge in [-0.3, -0.25) is 0 Å². The molecule has 0 bridgehead atoms. The molecular weight excluding hydrogens is 268 g/mol. The summed E-state index contributed by atoms with van der Waals surface area (Å²) in [6, 6.07) is 0. The van der Waals surface area contributed by atoms with Crippen molar-refractivity contribution in [3.05, 3.63) is 12.4 Å². The van der Waals surface area contributed by atoms with Crippen LogP contribution in [-0.2, 0) is 10.0 Å². The van der Waals surface area contributed by atoms with Crippen LogP contribution in [0, 0.1) is 0 Å². The second-order valence-electron chi connectivity index (χ2n) is 4.86. The van der Waals surface area contributed by atoms with Crippen LogP contribution in [0.25, 0.3) is 0 Å². The highest BCUT2D eigenvalue weighted by atomic mass is 32.2. The number of nitrogens with one attached hydrogen (secondary N) is 1. The van der Waals surface area contributed by atoms with Gasteiger partial charge in [0.05, 0.1) is 18.0 Å².